The molecule has 1 aromatic rings. The molecular formula is C18H25NO5. The second-order valence-electron chi connectivity index (χ2n) is 6.21. The van der Waals surface area contributed by atoms with Crippen molar-refractivity contribution in [1.82, 2.24) is 5.32 Å². The van der Waals surface area contributed by atoms with Crippen LogP contribution in [0, 0.1) is 5.92 Å². The fourth-order valence-corrected chi connectivity index (χ4v) is 2.78. The van der Waals surface area contributed by atoms with Crippen LogP contribution >= 0.6 is 0 Å². The van der Waals surface area contributed by atoms with Gasteiger partial charge in [-0.15, -0.1) is 0 Å². The maximum absolute atomic E-state index is 12.2. The lowest BCUT2D eigenvalue weighted by Crippen LogP contribution is -2.46. The molecular weight excluding hydrogens is 310 g/mol. The summed E-state index contributed by atoms with van der Waals surface area (Å²) in [6, 6.07) is 7.35. The summed E-state index contributed by atoms with van der Waals surface area (Å²) in [5.74, 6) is -1.09. The first-order chi connectivity index (χ1) is 11.4. The van der Waals surface area contributed by atoms with E-state index >= 15 is 0 Å². The van der Waals surface area contributed by atoms with Gasteiger partial charge in [-0.05, 0) is 50.8 Å². The van der Waals surface area contributed by atoms with E-state index in [2.05, 4.69) is 5.32 Å². The SMILES string of the molecule is CCOc1ccc(CC(CNC(=O)C2(C)CCCO2)C(=O)O)cc1. The van der Waals surface area contributed by atoms with Gasteiger partial charge in [0.25, 0.3) is 5.91 Å². The molecule has 2 atom stereocenters. The Morgan fingerprint density at radius 3 is 2.62 bits per heavy atom. The van der Waals surface area contributed by atoms with Crippen LogP contribution in [0.4, 0.5) is 0 Å². The first-order valence-corrected chi connectivity index (χ1v) is 8.31. The largest absolute Gasteiger partial charge is 0.494 e. The van der Waals surface area contributed by atoms with Gasteiger partial charge in [-0.2, -0.15) is 0 Å². The summed E-state index contributed by atoms with van der Waals surface area (Å²) in [5, 5.41) is 12.1. The predicted octanol–water partition coefficient (Wildman–Crippen LogP) is 2.01. The highest BCUT2D eigenvalue weighted by atomic mass is 16.5. The molecule has 0 spiro atoms. The van der Waals surface area contributed by atoms with E-state index in [0.29, 0.717) is 26.1 Å². The molecule has 2 unspecified atom stereocenters. The van der Waals surface area contributed by atoms with Gasteiger partial charge in [0.05, 0.1) is 12.5 Å². The summed E-state index contributed by atoms with van der Waals surface area (Å²) in [5.41, 5.74) is 0.0609. The molecule has 0 aromatic heterocycles. The lowest BCUT2D eigenvalue weighted by molar-refractivity contribution is -0.143. The quantitative estimate of drug-likeness (QED) is 0.759. The van der Waals surface area contributed by atoms with Crippen LogP contribution in [0.15, 0.2) is 24.3 Å². The number of carbonyl (C=O) groups is 2. The van der Waals surface area contributed by atoms with Crippen molar-refractivity contribution >= 4 is 11.9 Å². The predicted molar refractivity (Wildman–Crippen MR) is 89.0 cm³/mol. The first kappa shape index (κ1) is 18.3. The molecule has 6 heteroatoms. The first-order valence-electron chi connectivity index (χ1n) is 8.31. The molecule has 24 heavy (non-hydrogen) atoms. The molecule has 0 bridgehead atoms. The number of hydrogen-bond acceptors (Lipinski definition) is 4. The number of carboxylic acid groups (broad SMARTS) is 1. The van der Waals surface area contributed by atoms with Gasteiger partial charge in [-0.3, -0.25) is 9.59 Å². The summed E-state index contributed by atoms with van der Waals surface area (Å²) in [4.78, 5) is 23.7. The highest BCUT2D eigenvalue weighted by molar-refractivity contribution is 5.85. The number of nitrogens with one attached hydrogen (secondary N) is 1. The Kier molecular flexibility index (Phi) is 6.20. The van der Waals surface area contributed by atoms with E-state index in [4.69, 9.17) is 9.47 Å². The third-order valence-corrected chi connectivity index (χ3v) is 4.27. The second kappa shape index (κ2) is 8.15. The van der Waals surface area contributed by atoms with Gasteiger partial charge in [-0.1, -0.05) is 12.1 Å². The van der Waals surface area contributed by atoms with Crippen LogP contribution < -0.4 is 10.1 Å². The van der Waals surface area contributed by atoms with Gasteiger partial charge < -0.3 is 19.9 Å². The van der Waals surface area contributed by atoms with Gasteiger partial charge in [-0.25, -0.2) is 0 Å². The topological polar surface area (TPSA) is 84.9 Å². The smallest absolute Gasteiger partial charge is 0.308 e. The van der Waals surface area contributed by atoms with E-state index in [1.165, 1.54) is 0 Å². The molecule has 1 saturated heterocycles. The van der Waals surface area contributed by atoms with Gasteiger partial charge in [0, 0.05) is 13.2 Å². The van der Waals surface area contributed by atoms with Crippen molar-refractivity contribution in [2.75, 3.05) is 19.8 Å². The summed E-state index contributed by atoms with van der Waals surface area (Å²) in [6.07, 6.45) is 1.85. The van der Waals surface area contributed by atoms with E-state index in [1.807, 2.05) is 31.2 Å². The van der Waals surface area contributed by atoms with E-state index < -0.39 is 17.5 Å². The molecule has 2 rings (SSSR count). The highest BCUT2D eigenvalue weighted by Crippen LogP contribution is 2.25. The number of carboxylic acids is 1. The average molecular weight is 335 g/mol. The minimum Gasteiger partial charge on any atom is -0.494 e. The Morgan fingerprint density at radius 1 is 1.38 bits per heavy atom. The van der Waals surface area contributed by atoms with Crippen molar-refractivity contribution < 1.29 is 24.2 Å². The number of carbonyl (C=O) groups excluding carboxylic acids is 1. The number of hydrogen-bond donors (Lipinski definition) is 2. The zero-order valence-corrected chi connectivity index (χ0v) is 14.2. The van der Waals surface area contributed by atoms with Crippen LogP contribution in [0.25, 0.3) is 0 Å². The number of ether oxygens (including phenoxy) is 2. The molecule has 0 radical (unpaired) electrons. The molecule has 1 aliphatic heterocycles. The van der Waals surface area contributed by atoms with Gasteiger partial charge in [0.1, 0.15) is 11.4 Å². The number of aliphatic carboxylic acids is 1. The summed E-state index contributed by atoms with van der Waals surface area (Å²) < 4.78 is 10.8. The number of benzene rings is 1. The van der Waals surface area contributed by atoms with Crippen molar-refractivity contribution in [3.63, 3.8) is 0 Å². The van der Waals surface area contributed by atoms with Crippen molar-refractivity contribution in [3.05, 3.63) is 29.8 Å². The molecule has 1 fully saturated rings. The zero-order chi connectivity index (χ0) is 17.6. The molecule has 0 aliphatic carbocycles. The fraction of sp³-hybridized carbons (Fsp3) is 0.556. The molecule has 1 aliphatic rings. The van der Waals surface area contributed by atoms with E-state index in [1.54, 1.807) is 6.92 Å². The Hall–Kier alpha value is -2.08. The van der Waals surface area contributed by atoms with Crippen LogP contribution in [0.2, 0.25) is 0 Å². The van der Waals surface area contributed by atoms with Gasteiger partial charge in [0.15, 0.2) is 0 Å². The molecule has 6 nitrogen and oxygen atoms in total. The molecule has 1 heterocycles. The molecule has 0 saturated carbocycles. The Morgan fingerprint density at radius 2 is 2.08 bits per heavy atom. The Bertz CT molecular complexity index is 563. The normalized spacial score (nSPS) is 21.2. The summed E-state index contributed by atoms with van der Waals surface area (Å²) >= 11 is 0. The summed E-state index contributed by atoms with van der Waals surface area (Å²) in [6.45, 7) is 4.89. The van der Waals surface area contributed by atoms with Gasteiger partial charge >= 0.3 is 5.97 Å². The average Bonchev–Trinajstić information content (AvgIpc) is 3.00. The maximum atomic E-state index is 12.2. The zero-order valence-electron chi connectivity index (χ0n) is 14.2. The maximum Gasteiger partial charge on any atom is 0.308 e. The number of amides is 1. The Labute approximate surface area is 142 Å². The molecule has 1 amide bonds. The van der Waals surface area contributed by atoms with Crippen LogP contribution in [0.5, 0.6) is 5.75 Å². The number of rotatable bonds is 8. The van der Waals surface area contributed by atoms with E-state index in [-0.39, 0.29) is 12.5 Å². The third-order valence-electron chi connectivity index (χ3n) is 4.27. The molecule has 1 aromatic carbocycles. The molecule has 132 valence electrons. The minimum atomic E-state index is -0.929. The van der Waals surface area contributed by atoms with E-state index in [0.717, 1.165) is 17.7 Å². The van der Waals surface area contributed by atoms with Crippen molar-refractivity contribution in [3.8, 4) is 5.75 Å². The second-order valence-corrected chi connectivity index (χ2v) is 6.21. The monoisotopic (exact) mass is 335 g/mol. The van der Waals surface area contributed by atoms with Crippen molar-refractivity contribution in [2.24, 2.45) is 5.92 Å². The van der Waals surface area contributed by atoms with Crippen LogP contribution in [-0.4, -0.2) is 42.3 Å². The van der Waals surface area contributed by atoms with Crippen molar-refractivity contribution in [1.29, 1.82) is 0 Å². The third kappa shape index (κ3) is 4.71. The highest BCUT2D eigenvalue weighted by Gasteiger charge is 2.38. The summed E-state index contributed by atoms with van der Waals surface area (Å²) in [7, 11) is 0. The van der Waals surface area contributed by atoms with Crippen LogP contribution in [-0.2, 0) is 20.7 Å². The fourth-order valence-electron chi connectivity index (χ4n) is 2.78. The van der Waals surface area contributed by atoms with E-state index in [9.17, 15) is 14.7 Å². The molecule has 2 N–H and O–H groups in total. The van der Waals surface area contributed by atoms with Crippen molar-refractivity contribution in [2.45, 2.75) is 38.7 Å². The Balaban J connectivity index is 1.92. The van der Waals surface area contributed by atoms with Gasteiger partial charge in [0.2, 0.25) is 0 Å². The lowest BCUT2D eigenvalue weighted by atomic mass is 9.98. The van der Waals surface area contributed by atoms with Crippen LogP contribution in [0.1, 0.15) is 32.3 Å². The van der Waals surface area contributed by atoms with Crippen LogP contribution in [0.3, 0.4) is 0 Å². The lowest BCUT2D eigenvalue weighted by Gasteiger charge is -2.23. The minimum absolute atomic E-state index is 0.0837. The standard InChI is InChI=1S/C18H25NO5/c1-3-23-15-7-5-13(6-8-15)11-14(16(20)21)12-19-17(22)18(2)9-4-10-24-18/h5-8,14H,3-4,9-12H2,1-2H3,(H,19,22)(H,20,21).